The lowest BCUT2D eigenvalue weighted by Crippen LogP contribution is -2.42. The average Bonchev–Trinajstić information content (AvgIpc) is 2.88. The number of alkyl halides is 3. The van der Waals surface area contributed by atoms with Crippen LogP contribution in [0, 0.1) is 5.41 Å². The number of hydrogen-bond acceptors (Lipinski definition) is 4. The molecule has 7 heteroatoms. The number of benzene rings is 1. The normalized spacial score (nSPS) is 32.2. The van der Waals surface area contributed by atoms with E-state index < -0.39 is 17.4 Å². The third kappa shape index (κ3) is 3.88. The van der Waals surface area contributed by atoms with Crippen LogP contribution in [0.3, 0.4) is 0 Å². The molecule has 2 saturated carbocycles. The van der Waals surface area contributed by atoms with Gasteiger partial charge in [0.15, 0.2) is 0 Å². The van der Waals surface area contributed by atoms with Crippen LogP contribution >= 0.6 is 0 Å². The van der Waals surface area contributed by atoms with Crippen molar-refractivity contribution in [2.24, 2.45) is 5.41 Å². The number of aliphatic hydroxyl groups excluding tert-OH is 1. The Kier molecular flexibility index (Phi) is 5.05. The first kappa shape index (κ1) is 19.2. The molecule has 1 aromatic carbocycles. The number of carbonyl (C=O) groups is 1. The molecular weight excluding hydrogens is 349 g/mol. The summed E-state index contributed by atoms with van der Waals surface area (Å²) in [7, 11) is 0. The third-order valence-corrected chi connectivity index (χ3v) is 5.98. The molecule has 0 aliphatic heterocycles. The van der Waals surface area contributed by atoms with Crippen molar-refractivity contribution in [1.82, 2.24) is 0 Å². The highest BCUT2D eigenvalue weighted by atomic mass is 19.4. The van der Waals surface area contributed by atoms with Crippen molar-refractivity contribution in [3.8, 4) is 5.75 Å². The van der Waals surface area contributed by atoms with Crippen molar-refractivity contribution in [1.29, 1.82) is 0 Å². The first-order chi connectivity index (χ1) is 12.2. The van der Waals surface area contributed by atoms with Crippen LogP contribution in [0.5, 0.6) is 5.75 Å². The smallest absolute Gasteiger partial charge is 0.406 e. The van der Waals surface area contributed by atoms with E-state index in [9.17, 15) is 23.1 Å². The Morgan fingerprint density at radius 2 is 1.69 bits per heavy atom. The fourth-order valence-electron chi connectivity index (χ4n) is 4.41. The first-order valence-electron chi connectivity index (χ1n) is 8.90. The summed E-state index contributed by atoms with van der Waals surface area (Å²) >= 11 is 0. The van der Waals surface area contributed by atoms with E-state index in [4.69, 9.17) is 5.11 Å². The van der Waals surface area contributed by atoms with E-state index >= 15 is 0 Å². The summed E-state index contributed by atoms with van der Waals surface area (Å²) in [6, 6.07) is 5.52. The molecule has 0 saturated heterocycles. The number of carbonyl (C=O) groups excluding carboxylic acids is 1. The van der Waals surface area contributed by atoms with Crippen molar-refractivity contribution in [3.63, 3.8) is 0 Å². The van der Waals surface area contributed by atoms with Gasteiger partial charge in [0, 0.05) is 17.9 Å². The molecule has 1 unspecified atom stereocenters. The Morgan fingerprint density at radius 1 is 1.08 bits per heavy atom. The summed E-state index contributed by atoms with van der Waals surface area (Å²) < 4.78 is 40.6. The lowest BCUT2D eigenvalue weighted by Gasteiger charge is -2.41. The fraction of sp³-hybridized carbons (Fsp3) is 0.632. The lowest BCUT2D eigenvalue weighted by atomic mass is 9.66. The standard InChI is InChI=1S/C19H23F3O4/c20-19(21,22)26-14-3-1-13(2-4-14)15-5-6-17(16(15)24)7-9-18(25,10-8-17)11-12-23/h1-4,15,23,25H,5-12H2. The Bertz CT molecular complexity index is 646. The van der Waals surface area contributed by atoms with E-state index in [0.29, 0.717) is 44.1 Å². The van der Waals surface area contributed by atoms with Crippen molar-refractivity contribution in [2.75, 3.05) is 6.61 Å². The summed E-state index contributed by atoms with van der Waals surface area (Å²) in [5, 5.41) is 19.5. The first-order valence-corrected chi connectivity index (χ1v) is 8.90. The van der Waals surface area contributed by atoms with E-state index in [-0.39, 0.29) is 24.1 Å². The van der Waals surface area contributed by atoms with Crippen LogP contribution in [0.4, 0.5) is 13.2 Å². The molecular formula is C19H23F3O4. The molecule has 4 nitrogen and oxygen atoms in total. The number of halogens is 3. The van der Waals surface area contributed by atoms with E-state index in [1.165, 1.54) is 24.3 Å². The molecule has 1 aromatic rings. The van der Waals surface area contributed by atoms with Crippen molar-refractivity contribution in [2.45, 2.75) is 62.8 Å². The fourth-order valence-corrected chi connectivity index (χ4v) is 4.41. The van der Waals surface area contributed by atoms with Gasteiger partial charge in [-0.25, -0.2) is 0 Å². The highest BCUT2D eigenvalue weighted by Crippen LogP contribution is 2.53. The van der Waals surface area contributed by atoms with Gasteiger partial charge in [0.2, 0.25) is 0 Å². The second-order valence-electron chi connectivity index (χ2n) is 7.55. The van der Waals surface area contributed by atoms with E-state index in [1.807, 2.05) is 0 Å². The molecule has 3 rings (SSSR count). The Balaban J connectivity index is 1.68. The Morgan fingerprint density at radius 3 is 2.23 bits per heavy atom. The summed E-state index contributed by atoms with van der Waals surface area (Å²) in [5.74, 6) is -0.500. The topological polar surface area (TPSA) is 66.8 Å². The molecule has 1 spiro atoms. The van der Waals surface area contributed by atoms with Crippen LogP contribution in [-0.4, -0.2) is 34.6 Å². The molecule has 0 amide bonds. The number of ether oxygens (including phenoxy) is 1. The van der Waals surface area contributed by atoms with Gasteiger partial charge in [-0.2, -0.15) is 0 Å². The van der Waals surface area contributed by atoms with Crippen LogP contribution in [0.2, 0.25) is 0 Å². The number of hydrogen-bond donors (Lipinski definition) is 2. The van der Waals surface area contributed by atoms with Gasteiger partial charge in [-0.3, -0.25) is 4.79 Å². The monoisotopic (exact) mass is 372 g/mol. The molecule has 2 aliphatic carbocycles. The summed E-state index contributed by atoms with van der Waals surface area (Å²) in [5.41, 5.74) is -0.639. The van der Waals surface area contributed by atoms with Crippen molar-refractivity contribution < 1.29 is 32.9 Å². The molecule has 0 heterocycles. The van der Waals surface area contributed by atoms with Gasteiger partial charge in [-0.05, 0) is 62.6 Å². The van der Waals surface area contributed by atoms with Crippen molar-refractivity contribution in [3.05, 3.63) is 29.8 Å². The number of ketones is 1. The van der Waals surface area contributed by atoms with Crippen LogP contribution in [0.15, 0.2) is 24.3 Å². The maximum atomic E-state index is 13.0. The van der Waals surface area contributed by atoms with Crippen LogP contribution in [0.25, 0.3) is 0 Å². The molecule has 1 atom stereocenters. The molecule has 2 N–H and O–H groups in total. The zero-order valence-electron chi connectivity index (χ0n) is 14.4. The largest absolute Gasteiger partial charge is 0.573 e. The van der Waals surface area contributed by atoms with Crippen LogP contribution < -0.4 is 4.74 Å². The molecule has 2 fully saturated rings. The van der Waals surface area contributed by atoms with Crippen molar-refractivity contribution >= 4 is 5.78 Å². The molecule has 0 bridgehead atoms. The Hall–Kier alpha value is -1.60. The predicted molar refractivity (Wildman–Crippen MR) is 87.7 cm³/mol. The van der Waals surface area contributed by atoms with Gasteiger partial charge < -0.3 is 14.9 Å². The van der Waals surface area contributed by atoms with Gasteiger partial charge >= 0.3 is 6.36 Å². The minimum atomic E-state index is -4.73. The van der Waals surface area contributed by atoms with Crippen LogP contribution in [-0.2, 0) is 4.79 Å². The molecule has 26 heavy (non-hydrogen) atoms. The quantitative estimate of drug-likeness (QED) is 0.846. The molecule has 2 aliphatic rings. The molecule has 144 valence electrons. The summed E-state index contributed by atoms with van der Waals surface area (Å²) in [6.45, 7) is -0.0770. The minimum absolute atomic E-state index is 0.0770. The zero-order valence-corrected chi connectivity index (χ0v) is 14.4. The maximum absolute atomic E-state index is 13.0. The van der Waals surface area contributed by atoms with Crippen LogP contribution in [0.1, 0.15) is 56.4 Å². The molecule has 0 radical (unpaired) electrons. The van der Waals surface area contributed by atoms with Gasteiger partial charge in [-0.1, -0.05) is 12.1 Å². The zero-order chi connectivity index (χ0) is 19.0. The van der Waals surface area contributed by atoms with E-state index in [2.05, 4.69) is 4.74 Å². The number of aliphatic hydroxyl groups is 2. The highest BCUT2D eigenvalue weighted by molar-refractivity contribution is 5.93. The van der Waals surface area contributed by atoms with Gasteiger partial charge in [0.05, 0.1) is 5.60 Å². The number of Topliss-reactive ketones (excluding diaryl/α,β-unsaturated/α-hetero) is 1. The SMILES string of the molecule is O=C1C(c2ccc(OC(F)(F)F)cc2)CCC12CCC(O)(CCO)CC2. The van der Waals surface area contributed by atoms with E-state index in [0.717, 1.165) is 6.42 Å². The summed E-state index contributed by atoms with van der Waals surface area (Å²) in [4.78, 5) is 13.0. The minimum Gasteiger partial charge on any atom is -0.406 e. The summed E-state index contributed by atoms with van der Waals surface area (Å²) in [6.07, 6.45) is -0.857. The third-order valence-electron chi connectivity index (χ3n) is 5.98. The molecule has 0 aromatic heterocycles. The average molecular weight is 372 g/mol. The lowest BCUT2D eigenvalue weighted by molar-refractivity contribution is -0.274. The van der Waals surface area contributed by atoms with Gasteiger partial charge in [0.1, 0.15) is 11.5 Å². The van der Waals surface area contributed by atoms with Gasteiger partial charge in [-0.15, -0.1) is 13.2 Å². The van der Waals surface area contributed by atoms with E-state index in [1.54, 1.807) is 0 Å². The maximum Gasteiger partial charge on any atom is 0.573 e. The number of rotatable bonds is 4. The Labute approximate surface area is 150 Å². The van der Waals surface area contributed by atoms with Gasteiger partial charge in [0.25, 0.3) is 0 Å². The highest BCUT2D eigenvalue weighted by Gasteiger charge is 2.51. The second kappa shape index (κ2) is 6.85. The predicted octanol–water partition coefficient (Wildman–Crippen LogP) is 3.71. The second-order valence-corrected chi connectivity index (χ2v) is 7.55.